The van der Waals surface area contributed by atoms with Crippen molar-refractivity contribution in [2.45, 2.75) is 19.4 Å². The Morgan fingerprint density at radius 3 is 2.80 bits per heavy atom. The first-order valence-electron chi connectivity index (χ1n) is 9.21. The number of pyridine rings is 1. The number of hydrogen-bond acceptors (Lipinski definition) is 6. The maximum Gasteiger partial charge on any atom is 0.292 e. The van der Waals surface area contributed by atoms with Crippen LogP contribution in [0.4, 0.5) is 0 Å². The number of ether oxygens (including phenoxy) is 1. The highest BCUT2D eigenvalue weighted by Crippen LogP contribution is 2.21. The van der Waals surface area contributed by atoms with Gasteiger partial charge in [0.25, 0.3) is 6.47 Å². The van der Waals surface area contributed by atoms with E-state index in [0.717, 1.165) is 34.3 Å². The molecule has 30 heavy (non-hydrogen) atoms. The smallest absolute Gasteiger partial charge is 0.292 e. The molecule has 2 aromatic heterocycles. The first kappa shape index (κ1) is 22.6. The highest BCUT2D eigenvalue weighted by atomic mass is 16.5. The van der Waals surface area contributed by atoms with E-state index in [1.54, 1.807) is 13.2 Å². The maximum atomic E-state index is 10.6. The largest absolute Gasteiger partial charge is 0.471 e. The molecule has 0 spiro atoms. The molecule has 0 aliphatic heterocycles. The number of benzene rings is 1. The molecule has 0 saturated carbocycles. The number of carbonyl (C=O) groups is 2. The van der Waals surface area contributed by atoms with E-state index in [4.69, 9.17) is 4.79 Å². The molecule has 3 aromatic rings. The molecule has 1 aromatic carbocycles. The average molecular weight is 408 g/mol. The molecular weight excluding hydrogens is 384 g/mol. The number of fused-ring (bicyclic) bond motifs is 1. The lowest BCUT2D eigenvalue weighted by Gasteiger charge is -2.10. The van der Waals surface area contributed by atoms with E-state index < -0.39 is 6.10 Å². The second kappa shape index (κ2) is 11.3. The van der Waals surface area contributed by atoms with Crippen LogP contribution >= 0.6 is 0 Å². The van der Waals surface area contributed by atoms with E-state index in [9.17, 15) is 9.90 Å². The third-order valence-electron chi connectivity index (χ3n) is 4.17. The number of aryl methyl sites for hydroxylation is 1. The topological polar surface area (TPSA) is 97.5 Å². The normalized spacial score (nSPS) is 10.8. The number of carbonyl (C=O) groups excluding carboxylic acids is 2. The van der Waals surface area contributed by atoms with Gasteiger partial charge in [0, 0.05) is 43.4 Å². The fraction of sp³-hybridized carbons (Fsp3) is 0.273. The Kier molecular flexibility index (Phi) is 8.54. The second-order valence-corrected chi connectivity index (χ2v) is 6.43. The molecule has 156 valence electrons. The van der Waals surface area contributed by atoms with E-state index in [-0.39, 0.29) is 0 Å². The summed E-state index contributed by atoms with van der Waals surface area (Å²) in [5.41, 5.74) is 3.59. The standard InChI is InChI=1S/C20H20N4O2.C2H4O2/c1-15-19-13-21-10-8-20(19)24(22-15)17-5-3-4-16(12-17)6-7-18(26)9-11-23(2)14-25;1-4-2-3/h3-5,8,10,12-14,18,26H,9,11H2,1-2H3;2H,1H3. The Bertz CT molecular complexity index is 1050. The van der Waals surface area contributed by atoms with E-state index >= 15 is 0 Å². The van der Waals surface area contributed by atoms with Crippen molar-refractivity contribution in [2.75, 3.05) is 20.7 Å². The van der Waals surface area contributed by atoms with Crippen LogP contribution < -0.4 is 0 Å². The van der Waals surface area contributed by atoms with Crippen LogP contribution in [0, 0.1) is 18.8 Å². The van der Waals surface area contributed by atoms with E-state index in [1.807, 2.05) is 48.1 Å². The van der Waals surface area contributed by atoms with Crippen LogP contribution in [0.2, 0.25) is 0 Å². The van der Waals surface area contributed by atoms with Gasteiger partial charge in [0.15, 0.2) is 0 Å². The number of hydrogen-bond donors (Lipinski definition) is 1. The first-order valence-corrected chi connectivity index (χ1v) is 9.21. The molecule has 1 unspecified atom stereocenters. The van der Waals surface area contributed by atoms with Crippen molar-refractivity contribution in [3.05, 3.63) is 54.0 Å². The lowest BCUT2D eigenvalue weighted by atomic mass is 10.1. The SMILES string of the molecule is COC=O.Cc1nn(-c2cccc(C#CC(O)CCN(C)C=O)c2)c2ccncc12. The van der Waals surface area contributed by atoms with Crippen molar-refractivity contribution in [1.82, 2.24) is 19.7 Å². The zero-order chi connectivity index (χ0) is 21.9. The van der Waals surface area contributed by atoms with Crippen LogP contribution in [-0.4, -0.2) is 64.5 Å². The van der Waals surface area contributed by atoms with Gasteiger partial charge in [-0.15, -0.1) is 0 Å². The monoisotopic (exact) mass is 408 g/mol. The average Bonchev–Trinajstić information content (AvgIpc) is 3.13. The summed E-state index contributed by atoms with van der Waals surface area (Å²) in [6.07, 6.45) is 3.92. The van der Waals surface area contributed by atoms with Crippen LogP contribution in [-0.2, 0) is 14.3 Å². The van der Waals surface area contributed by atoms with Crippen LogP contribution in [0.3, 0.4) is 0 Å². The number of aromatic nitrogens is 3. The van der Waals surface area contributed by atoms with E-state index in [1.165, 1.54) is 12.0 Å². The van der Waals surface area contributed by atoms with E-state index in [0.29, 0.717) is 19.4 Å². The summed E-state index contributed by atoms with van der Waals surface area (Å²) in [6, 6.07) is 9.63. The number of methoxy groups -OCH3 is 1. The molecule has 0 radical (unpaired) electrons. The minimum Gasteiger partial charge on any atom is -0.471 e. The fourth-order valence-corrected chi connectivity index (χ4v) is 2.64. The third-order valence-corrected chi connectivity index (χ3v) is 4.17. The molecule has 1 amide bonds. The number of nitrogens with zero attached hydrogens (tertiary/aromatic N) is 4. The Morgan fingerprint density at radius 2 is 2.10 bits per heavy atom. The lowest BCUT2D eigenvalue weighted by molar-refractivity contribution is -0.126. The van der Waals surface area contributed by atoms with Gasteiger partial charge < -0.3 is 14.7 Å². The predicted molar refractivity (Wildman–Crippen MR) is 113 cm³/mol. The van der Waals surface area contributed by atoms with Gasteiger partial charge in [-0.3, -0.25) is 14.6 Å². The Morgan fingerprint density at radius 1 is 1.33 bits per heavy atom. The Labute approximate surface area is 175 Å². The van der Waals surface area contributed by atoms with Crippen molar-refractivity contribution in [2.24, 2.45) is 0 Å². The van der Waals surface area contributed by atoms with Gasteiger partial charge in [-0.2, -0.15) is 5.10 Å². The van der Waals surface area contributed by atoms with Crippen molar-refractivity contribution in [3.8, 4) is 17.5 Å². The molecule has 1 N–H and O–H groups in total. The Hall–Kier alpha value is -3.70. The van der Waals surface area contributed by atoms with Crippen molar-refractivity contribution >= 4 is 23.8 Å². The molecule has 3 rings (SSSR count). The summed E-state index contributed by atoms with van der Waals surface area (Å²) >= 11 is 0. The minimum absolute atomic E-state index is 0.375. The predicted octanol–water partition coefficient (Wildman–Crippen LogP) is 1.71. The highest BCUT2D eigenvalue weighted by Gasteiger charge is 2.09. The summed E-state index contributed by atoms with van der Waals surface area (Å²) in [6.45, 7) is 2.79. The van der Waals surface area contributed by atoms with Gasteiger partial charge in [0.1, 0.15) is 6.10 Å². The van der Waals surface area contributed by atoms with Crippen LogP contribution in [0.25, 0.3) is 16.6 Å². The maximum absolute atomic E-state index is 10.6. The summed E-state index contributed by atoms with van der Waals surface area (Å²) in [7, 11) is 2.98. The van der Waals surface area contributed by atoms with Gasteiger partial charge in [-0.05, 0) is 31.2 Å². The molecule has 0 bridgehead atoms. The van der Waals surface area contributed by atoms with Gasteiger partial charge >= 0.3 is 0 Å². The molecule has 8 heteroatoms. The summed E-state index contributed by atoms with van der Waals surface area (Å²) in [4.78, 5) is 25.1. The summed E-state index contributed by atoms with van der Waals surface area (Å²) in [5.74, 6) is 5.81. The number of rotatable bonds is 6. The van der Waals surface area contributed by atoms with Crippen molar-refractivity contribution < 1.29 is 19.4 Å². The molecule has 2 heterocycles. The van der Waals surface area contributed by atoms with Crippen molar-refractivity contribution in [1.29, 1.82) is 0 Å². The van der Waals surface area contributed by atoms with Crippen LogP contribution in [0.1, 0.15) is 17.7 Å². The van der Waals surface area contributed by atoms with Gasteiger partial charge in [-0.1, -0.05) is 17.9 Å². The number of aliphatic hydroxyl groups excluding tert-OH is 1. The number of aliphatic hydroxyl groups is 1. The fourth-order valence-electron chi connectivity index (χ4n) is 2.64. The Balaban J connectivity index is 0.000000735. The van der Waals surface area contributed by atoms with Gasteiger partial charge in [0.05, 0.1) is 24.0 Å². The molecule has 1 atom stereocenters. The van der Waals surface area contributed by atoms with Gasteiger partial charge in [0.2, 0.25) is 6.41 Å². The molecule has 0 aliphatic rings. The second-order valence-electron chi connectivity index (χ2n) is 6.43. The van der Waals surface area contributed by atoms with Gasteiger partial charge in [-0.25, -0.2) is 4.68 Å². The van der Waals surface area contributed by atoms with Crippen LogP contribution in [0.15, 0.2) is 42.7 Å². The number of amides is 1. The lowest BCUT2D eigenvalue weighted by Crippen LogP contribution is -2.21. The minimum atomic E-state index is -0.778. The highest BCUT2D eigenvalue weighted by molar-refractivity contribution is 5.82. The van der Waals surface area contributed by atoms with Crippen molar-refractivity contribution in [3.63, 3.8) is 0 Å². The molecular formula is C22H24N4O4. The molecule has 0 aliphatic carbocycles. The van der Waals surface area contributed by atoms with Crippen LogP contribution in [0.5, 0.6) is 0 Å². The van der Waals surface area contributed by atoms with E-state index in [2.05, 4.69) is 26.7 Å². The molecule has 0 fully saturated rings. The zero-order valence-electron chi connectivity index (χ0n) is 17.1. The first-order chi connectivity index (χ1) is 14.5. The summed E-state index contributed by atoms with van der Waals surface area (Å²) < 4.78 is 5.73. The zero-order valence-corrected chi connectivity index (χ0v) is 17.1. The quantitative estimate of drug-likeness (QED) is 0.493. The molecule has 0 saturated heterocycles. The molecule has 8 nitrogen and oxygen atoms in total. The summed E-state index contributed by atoms with van der Waals surface area (Å²) in [5, 5.41) is 15.6. The third kappa shape index (κ3) is 6.15.